The molecule has 5 heteroatoms. The molecule has 1 aromatic rings. The molecule has 0 amide bonds. The molecule has 1 unspecified atom stereocenters. The van der Waals surface area contributed by atoms with Gasteiger partial charge in [0.15, 0.2) is 0 Å². The van der Waals surface area contributed by atoms with Crippen LogP contribution in [0.5, 0.6) is 0 Å². The summed E-state index contributed by atoms with van der Waals surface area (Å²) in [5.74, 6) is 2.75. The molecule has 0 aromatic carbocycles. The lowest BCUT2D eigenvalue weighted by Gasteiger charge is -2.32. The number of piperidine rings is 1. The van der Waals surface area contributed by atoms with Crippen LogP contribution in [-0.2, 0) is 0 Å². The van der Waals surface area contributed by atoms with Gasteiger partial charge in [-0.15, -0.1) is 0 Å². The van der Waals surface area contributed by atoms with Crippen molar-refractivity contribution in [3.05, 3.63) is 11.4 Å². The van der Waals surface area contributed by atoms with E-state index in [1.807, 2.05) is 6.92 Å². The van der Waals surface area contributed by atoms with E-state index in [1.165, 1.54) is 25.8 Å². The zero-order valence-electron chi connectivity index (χ0n) is 13.9. The average Bonchev–Trinajstić information content (AvgIpc) is 2.47. The molecule has 1 aliphatic heterocycles. The van der Waals surface area contributed by atoms with Gasteiger partial charge in [0.1, 0.15) is 17.5 Å². The van der Waals surface area contributed by atoms with E-state index in [4.69, 9.17) is 0 Å². The Hall–Kier alpha value is -1.36. The standard InChI is InChI=1S/C16H29N5/c1-5-9-17-15-12(2)16(20-13(3)19-15)18-11-14-8-6-7-10-21(14)4/h14H,5-11H2,1-4H3,(H2,17,18,19,20). The molecule has 0 radical (unpaired) electrons. The van der Waals surface area contributed by atoms with Gasteiger partial charge in [-0.05, 0) is 46.7 Å². The highest BCUT2D eigenvalue weighted by Crippen LogP contribution is 2.21. The number of likely N-dealkylation sites (tertiary alicyclic amines) is 1. The number of likely N-dealkylation sites (N-methyl/N-ethyl adjacent to an activating group) is 1. The van der Waals surface area contributed by atoms with Gasteiger partial charge in [0.2, 0.25) is 0 Å². The fourth-order valence-electron chi connectivity index (χ4n) is 2.83. The number of nitrogens with one attached hydrogen (secondary N) is 2. The summed E-state index contributed by atoms with van der Waals surface area (Å²) in [6.45, 7) is 9.31. The fourth-order valence-corrected chi connectivity index (χ4v) is 2.83. The summed E-state index contributed by atoms with van der Waals surface area (Å²) in [5, 5.41) is 6.93. The van der Waals surface area contributed by atoms with E-state index in [-0.39, 0.29) is 0 Å². The summed E-state index contributed by atoms with van der Waals surface area (Å²) < 4.78 is 0. The predicted molar refractivity (Wildman–Crippen MR) is 89.0 cm³/mol. The number of nitrogens with zero attached hydrogens (tertiary/aromatic N) is 3. The smallest absolute Gasteiger partial charge is 0.134 e. The Balaban J connectivity index is 2.03. The zero-order chi connectivity index (χ0) is 15.2. The molecule has 118 valence electrons. The van der Waals surface area contributed by atoms with Gasteiger partial charge in [-0.1, -0.05) is 13.3 Å². The maximum absolute atomic E-state index is 4.57. The molecule has 2 rings (SSSR count). The Labute approximate surface area is 128 Å². The molecule has 21 heavy (non-hydrogen) atoms. The van der Waals surface area contributed by atoms with Crippen LogP contribution in [0.2, 0.25) is 0 Å². The average molecular weight is 291 g/mol. The Morgan fingerprint density at radius 3 is 2.52 bits per heavy atom. The first-order valence-corrected chi connectivity index (χ1v) is 8.15. The number of rotatable bonds is 6. The van der Waals surface area contributed by atoms with E-state index in [2.05, 4.69) is 46.4 Å². The molecule has 1 fully saturated rings. The summed E-state index contributed by atoms with van der Waals surface area (Å²) in [5.41, 5.74) is 1.12. The molecule has 1 saturated heterocycles. The predicted octanol–water partition coefficient (Wildman–Crippen LogP) is 2.81. The van der Waals surface area contributed by atoms with Crippen LogP contribution in [0.15, 0.2) is 0 Å². The van der Waals surface area contributed by atoms with Crippen molar-refractivity contribution in [2.75, 3.05) is 37.3 Å². The number of anilines is 2. The molecule has 2 N–H and O–H groups in total. The van der Waals surface area contributed by atoms with Gasteiger partial charge < -0.3 is 15.5 Å². The van der Waals surface area contributed by atoms with Gasteiger partial charge in [-0.25, -0.2) is 9.97 Å². The van der Waals surface area contributed by atoms with Gasteiger partial charge in [-0.3, -0.25) is 0 Å². The lowest BCUT2D eigenvalue weighted by Crippen LogP contribution is -2.41. The molecule has 0 saturated carbocycles. The largest absolute Gasteiger partial charge is 0.370 e. The second-order valence-corrected chi connectivity index (χ2v) is 6.03. The van der Waals surface area contributed by atoms with Crippen LogP contribution in [0.1, 0.15) is 44.0 Å². The molecule has 1 aliphatic rings. The molecule has 1 atom stereocenters. The Bertz CT molecular complexity index is 460. The van der Waals surface area contributed by atoms with Crippen LogP contribution in [-0.4, -0.2) is 47.6 Å². The summed E-state index contributed by atoms with van der Waals surface area (Å²) in [6.07, 6.45) is 5.02. The molecule has 1 aromatic heterocycles. The van der Waals surface area contributed by atoms with E-state index in [1.54, 1.807) is 0 Å². The van der Waals surface area contributed by atoms with Crippen molar-refractivity contribution < 1.29 is 0 Å². The highest BCUT2D eigenvalue weighted by atomic mass is 15.2. The van der Waals surface area contributed by atoms with E-state index in [0.29, 0.717) is 6.04 Å². The first-order valence-electron chi connectivity index (χ1n) is 8.15. The van der Waals surface area contributed by atoms with Gasteiger partial charge in [0, 0.05) is 24.7 Å². The normalized spacial score (nSPS) is 19.5. The Morgan fingerprint density at radius 1 is 1.14 bits per heavy atom. The van der Waals surface area contributed by atoms with Crippen LogP contribution in [0.3, 0.4) is 0 Å². The minimum absolute atomic E-state index is 0.612. The minimum Gasteiger partial charge on any atom is -0.370 e. The number of hydrogen-bond donors (Lipinski definition) is 2. The number of hydrogen-bond acceptors (Lipinski definition) is 5. The molecule has 0 spiro atoms. The van der Waals surface area contributed by atoms with E-state index in [9.17, 15) is 0 Å². The number of aryl methyl sites for hydroxylation is 1. The second-order valence-electron chi connectivity index (χ2n) is 6.03. The molecule has 2 heterocycles. The highest BCUT2D eigenvalue weighted by Gasteiger charge is 2.19. The number of aromatic nitrogens is 2. The van der Waals surface area contributed by atoms with Crippen molar-refractivity contribution in [2.45, 2.75) is 52.5 Å². The van der Waals surface area contributed by atoms with Gasteiger partial charge in [0.05, 0.1) is 0 Å². The van der Waals surface area contributed by atoms with Crippen molar-refractivity contribution in [3.8, 4) is 0 Å². The third-order valence-corrected chi connectivity index (χ3v) is 4.23. The highest BCUT2D eigenvalue weighted by molar-refractivity contribution is 5.57. The van der Waals surface area contributed by atoms with E-state index >= 15 is 0 Å². The SMILES string of the molecule is CCCNc1nc(C)nc(NCC2CCCCN2C)c1C. The van der Waals surface area contributed by atoms with Crippen molar-refractivity contribution in [1.29, 1.82) is 0 Å². The van der Waals surface area contributed by atoms with E-state index < -0.39 is 0 Å². The first kappa shape index (κ1) is 16.0. The zero-order valence-corrected chi connectivity index (χ0v) is 13.9. The van der Waals surface area contributed by atoms with Crippen LogP contribution in [0.25, 0.3) is 0 Å². The van der Waals surface area contributed by atoms with Crippen molar-refractivity contribution >= 4 is 11.6 Å². The third kappa shape index (κ3) is 4.30. The van der Waals surface area contributed by atoms with E-state index in [0.717, 1.165) is 42.5 Å². The molecular formula is C16H29N5. The monoisotopic (exact) mass is 291 g/mol. The Morgan fingerprint density at radius 2 is 1.86 bits per heavy atom. The topological polar surface area (TPSA) is 53.1 Å². The van der Waals surface area contributed by atoms with Crippen molar-refractivity contribution in [2.24, 2.45) is 0 Å². The second kappa shape index (κ2) is 7.59. The van der Waals surface area contributed by atoms with Crippen LogP contribution in [0.4, 0.5) is 11.6 Å². The Kier molecular flexibility index (Phi) is 5.79. The maximum Gasteiger partial charge on any atom is 0.134 e. The van der Waals surface area contributed by atoms with Gasteiger partial charge in [0.25, 0.3) is 0 Å². The molecule has 5 nitrogen and oxygen atoms in total. The fraction of sp³-hybridized carbons (Fsp3) is 0.750. The van der Waals surface area contributed by atoms with Crippen molar-refractivity contribution in [3.63, 3.8) is 0 Å². The van der Waals surface area contributed by atoms with Gasteiger partial charge >= 0.3 is 0 Å². The molecule has 0 aliphatic carbocycles. The first-order chi connectivity index (χ1) is 10.1. The van der Waals surface area contributed by atoms with Crippen LogP contribution < -0.4 is 10.6 Å². The third-order valence-electron chi connectivity index (χ3n) is 4.23. The summed E-state index contributed by atoms with van der Waals surface area (Å²) in [7, 11) is 2.22. The summed E-state index contributed by atoms with van der Waals surface area (Å²) in [4.78, 5) is 11.5. The summed E-state index contributed by atoms with van der Waals surface area (Å²) in [6, 6.07) is 0.612. The van der Waals surface area contributed by atoms with Crippen molar-refractivity contribution in [1.82, 2.24) is 14.9 Å². The molecular weight excluding hydrogens is 262 g/mol. The maximum atomic E-state index is 4.57. The molecule has 0 bridgehead atoms. The minimum atomic E-state index is 0.612. The lowest BCUT2D eigenvalue weighted by atomic mass is 10.0. The quantitative estimate of drug-likeness (QED) is 0.844. The lowest BCUT2D eigenvalue weighted by molar-refractivity contribution is 0.194. The van der Waals surface area contributed by atoms with Crippen LogP contribution >= 0.6 is 0 Å². The summed E-state index contributed by atoms with van der Waals surface area (Å²) >= 11 is 0. The van der Waals surface area contributed by atoms with Crippen LogP contribution in [0, 0.1) is 13.8 Å². The van der Waals surface area contributed by atoms with Gasteiger partial charge in [-0.2, -0.15) is 0 Å².